The monoisotopic (exact) mass is 344 g/mol. The van der Waals surface area contributed by atoms with Gasteiger partial charge in [0.15, 0.2) is 10.6 Å². The first-order valence-corrected chi connectivity index (χ1v) is 8.95. The van der Waals surface area contributed by atoms with Gasteiger partial charge in [-0.1, -0.05) is 36.8 Å². The lowest BCUT2D eigenvalue weighted by Gasteiger charge is -2.21. The maximum absolute atomic E-state index is 12.7. The van der Waals surface area contributed by atoms with Gasteiger partial charge >= 0.3 is 0 Å². The lowest BCUT2D eigenvalue weighted by Crippen LogP contribution is -2.34. The molecule has 1 amide bonds. The van der Waals surface area contributed by atoms with E-state index in [1.54, 1.807) is 4.57 Å². The lowest BCUT2D eigenvalue weighted by molar-refractivity contribution is -0.131. The molecule has 1 N–H and O–H groups in total. The molecule has 0 saturated carbocycles. The van der Waals surface area contributed by atoms with Gasteiger partial charge in [0, 0.05) is 18.7 Å². The van der Waals surface area contributed by atoms with Crippen molar-refractivity contribution in [1.82, 2.24) is 19.7 Å². The molecular formula is C18H24N4OS. The lowest BCUT2D eigenvalue weighted by atomic mass is 10.0. The number of carbonyl (C=O) groups is 1. The Morgan fingerprint density at radius 3 is 2.79 bits per heavy atom. The van der Waals surface area contributed by atoms with E-state index in [-0.39, 0.29) is 12.5 Å². The van der Waals surface area contributed by atoms with Crippen LogP contribution >= 0.6 is 12.2 Å². The van der Waals surface area contributed by atoms with E-state index in [9.17, 15) is 4.79 Å². The Kier molecular flexibility index (Phi) is 5.14. The average molecular weight is 344 g/mol. The first-order chi connectivity index (χ1) is 11.5. The van der Waals surface area contributed by atoms with Gasteiger partial charge in [-0.3, -0.25) is 14.5 Å². The summed E-state index contributed by atoms with van der Waals surface area (Å²) in [4.78, 5) is 14.7. The van der Waals surface area contributed by atoms with Crippen molar-refractivity contribution in [3.63, 3.8) is 0 Å². The van der Waals surface area contributed by atoms with Crippen LogP contribution in [0.25, 0.3) is 11.4 Å². The van der Waals surface area contributed by atoms with Crippen molar-refractivity contribution in [3.05, 3.63) is 34.6 Å². The molecule has 5 nitrogen and oxygen atoms in total. The number of aromatic nitrogens is 3. The number of aryl methyl sites for hydroxylation is 1. The number of hydrogen-bond donors (Lipinski definition) is 1. The number of benzene rings is 1. The summed E-state index contributed by atoms with van der Waals surface area (Å²) >= 11 is 5.34. The third-order valence-electron chi connectivity index (χ3n) is 4.73. The molecule has 0 bridgehead atoms. The highest BCUT2D eigenvalue weighted by Crippen LogP contribution is 2.20. The van der Waals surface area contributed by atoms with Crippen molar-refractivity contribution in [3.8, 4) is 11.4 Å². The Labute approximate surface area is 147 Å². The first kappa shape index (κ1) is 16.9. The molecule has 0 spiro atoms. The van der Waals surface area contributed by atoms with Crippen molar-refractivity contribution in [2.24, 2.45) is 5.92 Å². The summed E-state index contributed by atoms with van der Waals surface area (Å²) in [6.45, 7) is 6.23. The number of likely N-dealkylation sites (tertiary alicyclic amines) is 1. The summed E-state index contributed by atoms with van der Waals surface area (Å²) in [6.07, 6.45) is 3.35. The van der Waals surface area contributed by atoms with E-state index in [1.807, 2.05) is 36.1 Å². The molecule has 1 aromatic heterocycles. The van der Waals surface area contributed by atoms with E-state index in [0.717, 1.165) is 37.3 Å². The highest BCUT2D eigenvalue weighted by molar-refractivity contribution is 7.71. The van der Waals surface area contributed by atoms with Gasteiger partial charge in [0.25, 0.3) is 0 Å². The maximum atomic E-state index is 12.7. The molecule has 1 aromatic carbocycles. The molecule has 1 aliphatic rings. The number of nitrogens with zero attached hydrogens (tertiary/aromatic N) is 3. The average Bonchev–Trinajstić information content (AvgIpc) is 2.78. The third kappa shape index (κ3) is 3.75. The molecule has 6 heteroatoms. The van der Waals surface area contributed by atoms with Crippen LogP contribution in [0.3, 0.4) is 0 Å². The Balaban J connectivity index is 1.80. The smallest absolute Gasteiger partial charge is 0.242 e. The zero-order valence-electron chi connectivity index (χ0n) is 14.3. The van der Waals surface area contributed by atoms with Crippen LogP contribution in [0.15, 0.2) is 24.3 Å². The van der Waals surface area contributed by atoms with Crippen molar-refractivity contribution in [1.29, 1.82) is 0 Å². The normalized spacial score (nSPS) is 18.4. The number of rotatable bonds is 3. The largest absolute Gasteiger partial charge is 0.341 e. The van der Waals surface area contributed by atoms with Crippen LogP contribution in [0.5, 0.6) is 0 Å². The van der Waals surface area contributed by atoms with E-state index in [1.165, 1.54) is 12.0 Å². The maximum Gasteiger partial charge on any atom is 0.242 e. The van der Waals surface area contributed by atoms with Gasteiger partial charge in [-0.25, -0.2) is 0 Å². The van der Waals surface area contributed by atoms with Gasteiger partial charge in [-0.15, -0.1) is 0 Å². The molecule has 0 radical (unpaired) electrons. The van der Waals surface area contributed by atoms with E-state index in [2.05, 4.69) is 17.1 Å². The molecule has 24 heavy (non-hydrogen) atoms. The molecule has 3 rings (SSSR count). The SMILES string of the molecule is Cc1ccc(-c2n[nH]c(=S)n2CC(=O)N2CCCC(C)CC2)cc1. The van der Waals surface area contributed by atoms with Crippen molar-refractivity contribution in [2.45, 2.75) is 39.7 Å². The Morgan fingerprint density at radius 1 is 1.29 bits per heavy atom. The van der Waals surface area contributed by atoms with Crippen molar-refractivity contribution >= 4 is 18.1 Å². The van der Waals surface area contributed by atoms with Gasteiger partial charge in [0.05, 0.1) is 0 Å². The van der Waals surface area contributed by atoms with Crippen LogP contribution in [-0.2, 0) is 11.3 Å². The fourth-order valence-electron chi connectivity index (χ4n) is 3.14. The molecule has 1 aliphatic heterocycles. The zero-order chi connectivity index (χ0) is 17.1. The van der Waals surface area contributed by atoms with E-state index < -0.39 is 0 Å². The predicted molar refractivity (Wildman–Crippen MR) is 97.2 cm³/mol. The van der Waals surface area contributed by atoms with Gasteiger partial charge in [-0.2, -0.15) is 5.10 Å². The van der Waals surface area contributed by atoms with Crippen LogP contribution < -0.4 is 0 Å². The number of carbonyl (C=O) groups excluding carboxylic acids is 1. The minimum Gasteiger partial charge on any atom is -0.341 e. The van der Waals surface area contributed by atoms with E-state index >= 15 is 0 Å². The summed E-state index contributed by atoms with van der Waals surface area (Å²) in [6, 6.07) is 8.09. The molecule has 1 unspecified atom stereocenters. The number of hydrogen-bond acceptors (Lipinski definition) is 3. The third-order valence-corrected chi connectivity index (χ3v) is 5.04. The second kappa shape index (κ2) is 7.30. The molecule has 0 aliphatic carbocycles. The van der Waals surface area contributed by atoms with Crippen LogP contribution in [0.1, 0.15) is 31.7 Å². The molecule has 1 atom stereocenters. The Bertz CT molecular complexity index is 762. The van der Waals surface area contributed by atoms with Gasteiger partial charge < -0.3 is 4.90 Å². The summed E-state index contributed by atoms with van der Waals surface area (Å²) in [5.74, 6) is 1.54. The quantitative estimate of drug-likeness (QED) is 0.866. The van der Waals surface area contributed by atoms with Crippen LogP contribution in [0.2, 0.25) is 0 Å². The Hall–Kier alpha value is -1.95. The fourth-order valence-corrected chi connectivity index (χ4v) is 3.33. The first-order valence-electron chi connectivity index (χ1n) is 8.54. The van der Waals surface area contributed by atoms with Crippen LogP contribution in [-0.4, -0.2) is 38.7 Å². The number of nitrogens with one attached hydrogen (secondary N) is 1. The molecule has 128 valence electrons. The van der Waals surface area contributed by atoms with Gasteiger partial charge in [0.2, 0.25) is 5.91 Å². The number of H-pyrrole nitrogens is 1. The molecule has 2 aromatic rings. The zero-order valence-corrected chi connectivity index (χ0v) is 15.1. The number of aromatic amines is 1. The molecule has 1 saturated heterocycles. The van der Waals surface area contributed by atoms with Gasteiger partial charge in [-0.05, 0) is 44.3 Å². The summed E-state index contributed by atoms with van der Waals surface area (Å²) in [7, 11) is 0. The Morgan fingerprint density at radius 2 is 2.04 bits per heavy atom. The minimum absolute atomic E-state index is 0.120. The van der Waals surface area contributed by atoms with Crippen LogP contribution in [0, 0.1) is 17.6 Å². The highest BCUT2D eigenvalue weighted by Gasteiger charge is 2.20. The fraction of sp³-hybridized carbons (Fsp3) is 0.500. The molecule has 1 fully saturated rings. The van der Waals surface area contributed by atoms with Gasteiger partial charge in [0.1, 0.15) is 6.54 Å². The predicted octanol–water partition coefficient (Wildman–Crippen LogP) is 3.56. The standard InChI is InChI=1S/C18H24N4OS/c1-13-4-3-10-21(11-9-13)16(23)12-22-17(19-20-18(22)24)15-7-5-14(2)6-8-15/h5-8,13H,3-4,9-12H2,1-2H3,(H,20,24). The molecule has 2 heterocycles. The number of amides is 1. The summed E-state index contributed by atoms with van der Waals surface area (Å²) in [5.41, 5.74) is 2.15. The highest BCUT2D eigenvalue weighted by atomic mass is 32.1. The van der Waals surface area contributed by atoms with Crippen molar-refractivity contribution < 1.29 is 4.79 Å². The van der Waals surface area contributed by atoms with E-state index in [0.29, 0.717) is 10.7 Å². The second-order valence-corrected chi connectivity index (χ2v) is 7.11. The summed E-state index contributed by atoms with van der Waals surface area (Å²) < 4.78 is 2.29. The van der Waals surface area contributed by atoms with E-state index in [4.69, 9.17) is 12.2 Å². The second-order valence-electron chi connectivity index (χ2n) is 6.72. The topological polar surface area (TPSA) is 53.9 Å². The minimum atomic E-state index is 0.120. The van der Waals surface area contributed by atoms with Crippen molar-refractivity contribution in [2.75, 3.05) is 13.1 Å². The molecular weight excluding hydrogens is 320 g/mol. The summed E-state index contributed by atoms with van der Waals surface area (Å²) in [5, 5.41) is 7.14. The van der Waals surface area contributed by atoms with Crippen LogP contribution in [0.4, 0.5) is 0 Å².